The van der Waals surface area contributed by atoms with Crippen LogP contribution in [0.25, 0.3) is 12.2 Å². The van der Waals surface area contributed by atoms with Crippen molar-refractivity contribution in [3.05, 3.63) is 131 Å². The van der Waals surface area contributed by atoms with Crippen molar-refractivity contribution in [3.63, 3.8) is 0 Å². The molecule has 0 aliphatic heterocycles. The molecule has 0 saturated carbocycles. The van der Waals surface area contributed by atoms with Crippen LogP contribution in [0.2, 0.25) is 0 Å². The van der Waals surface area contributed by atoms with E-state index < -0.39 is 11.9 Å². The predicted molar refractivity (Wildman–Crippen MR) is 171 cm³/mol. The molecular weight excluding hydrogens is 572 g/mol. The van der Waals surface area contributed by atoms with Gasteiger partial charge in [0.1, 0.15) is 23.0 Å². The first-order valence-corrected chi connectivity index (χ1v) is 14.3. The molecule has 0 spiro atoms. The quantitative estimate of drug-likeness (QED) is 0.0490. The number of esters is 2. The van der Waals surface area contributed by atoms with Gasteiger partial charge < -0.3 is 18.9 Å². The lowest BCUT2D eigenvalue weighted by Gasteiger charge is -2.05. The van der Waals surface area contributed by atoms with Crippen LogP contribution in [-0.2, 0) is 9.59 Å². The Balaban J connectivity index is 1.24. The first-order chi connectivity index (χ1) is 21.8. The van der Waals surface area contributed by atoms with Crippen molar-refractivity contribution in [2.45, 2.75) is 20.3 Å². The molecule has 0 aliphatic rings. The fourth-order valence-electron chi connectivity index (χ4n) is 4.08. The van der Waals surface area contributed by atoms with Crippen molar-refractivity contribution in [3.8, 4) is 23.0 Å². The summed E-state index contributed by atoms with van der Waals surface area (Å²) in [7, 11) is 0. The standard InChI is InChI=1S/C37H32O8/c1-3-42-30-15-5-26(6-16-30)9-23-36(40)44-32-19-11-28(12-20-32)34(38)25-35(39)29-13-21-33(22-14-29)45-37(41)24-10-27-7-17-31(18-8-27)43-4-2/h5-24H,3-4,25H2,1-2H3/b23-9+,24-10+. The summed E-state index contributed by atoms with van der Waals surface area (Å²) in [6, 6.07) is 26.5. The van der Waals surface area contributed by atoms with Crippen molar-refractivity contribution in [2.24, 2.45) is 0 Å². The molecule has 8 heteroatoms. The zero-order valence-electron chi connectivity index (χ0n) is 24.9. The van der Waals surface area contributed by atoms with Gasteiger partial charge in [-0.3, -0.25) is 9.59 Å². The molecule has 4 aromatic carbocycles. The van der Waals surface area contributed by atoms with E-state index in [9.17, 15) is 19.2 Å². The van der Waals surface area contributed by atoms with E-state index in [1.807, 2.05) is 62.4 Å². The molecule has 0 aliphatic carbocycles. The molecule has 228 valence electrons. The van der Waals surface area contributed by atoms with Crippen LogP contribution >= 0.6 is 0 Å². The van der Waals surface area contributed by atoms with Gasteiger partial charge in [-0.15, -0.1) is 0 Å². The highest BCUT2D eigenvalue weighted by molar-refractivity contribution is 6.13. The zero-order chi connectivity index (χ0) is 32.0. The highest BCUT2D eigenvalue weighted by Crippen LogP contribution is 2.19. The lowest BCUT2D eigenvalue weighted by atomic mass is 10.0. The van der Waals surface area contributed by atoms with Gasteiger partial charge in [0.25, 0.3) is 0 Å². The number of ketones is 2. The fourth-order valence-corrected chi connectivity index (χ4v) is 4.08. The van der Waals surface area contributed by atoms with E-state index in [1.54, 1.807) is 12.2 Å². The number of Topliss-reactive ketones (excluding diaryl/α,β-unsaturated/α-hetero) is 2. The molecule has 0 atom stereocenters. The Morgan fingerprint density at radius 2 is 0.822 bits per heavy atom. The van der Waals surface area contributed by atoms with Gasteiger partial charge in [0.05, 0.1) is 19.6 Å². The van der Waals surface area contributed by atoms with E-state index in [2.05, 4.69) is 0 Å². The molecule has 0 saturated heterocycles. The minimum absolute atomic E-state index is 0.263. The average Bonchev–Trinajstić information content (AvgIpc) is 3.05. The highest BCUT2D eigenvalue weighted by Gasteiger charge is 2.15. The number of ether oxygens (including phenoxy) is 4. The molecule has 8 nitrogen and oxygen atoms in total. The normalized spacial score (nSPS) is 10.9. The summed E-state index contributed by atoms with van der Waals surface area (Å²) >= 11 is 0. The smallest absolute Gasteiger partial charge is 0.336 e. The number of carbonyl (C=O) groups excluding carboxylic acids is 4. The molecule has 0 bridgehead atoms. The Hall–Kier alpha value is -5.76. The Bertz CT molecular complexity index is 1540. The predicted octanol–water partition coefficient (Wildman–Crippen LogP) is 7.18. The molecule has 4 rings (SSSR count). The van der Waals surface area contributed by atoms with Crippen molar-refractivity contribution < 1.29 is 38.1 Å². The van der Waals surface area contributed by atoms with Crippen LogP contribution in [0.15, 0.2) is 109 Å². The van der Waals surface area contributed by atoms with Crippen LogP contribution in [0.5, 0.6) is 23.0 Å². The van der Waals surface area contributed by atoms with Gasteiger partial charge >= 0.3 is 11.9 Å². The van der Waals surface area contributed by atoms with Crippen LogP contribution in [0.4, 0.5) is 0 Å². The van der Waals surface area contributed by atoms with E-state index in [-0.39, 0.29) is 29.5 Å². The third-order valence-electron chi connectivity index (χ3n) is 6.32. The Kier molecular flexibility index (Phi) is 11.6. The second kappa shape index (κ2) is 16.2. The molecule has 0 unspecified atom stereocenters. The second-order valence-corrected chi connectivity index (χ2v) is 9.58. The van der Waals surface area contributed by atoms with E-state index in [4.69, 9.17) is 18.9 Å². The molecule has 0 aromatic heterocycles. The van der Waals surface area contributed by atoms with Gasteiger partial charge in [0.2, 0.25) is 0 Å². The van der Waals surface area contributed by atoms with Crippen molar-refractivity contribution in [2.75, 3.05) is 13.2 Å². The topological polar surface area (TPSA) is 105 Å². The molecule has 0 heterocycles. The van der Waals surface area contributed by atoms with Crippen LogP contribution in [-0.4, -0.2) is 36.7 Å². The van der Waals surface area contributed by atoms with Crippen molar-refractivity contribution in [1.82, 2.24) is 0 Å². The van der Waals surface area contributed by atoms with Gasteiger partial charge in [-0.1, -0.05) is 24.3 Å². The zero-order valence-corrected chi connectivity index (χ0v) is 24.9. The van der Waals surface area contributed by atoms with Gasteiger partial charge in [-0.25, -0.2) is 9.59 Å². The van der Waals surface area contributed by atoms with Crippen LogP contribution < -0.4 is 18.9 Å². The highest BCUT2D eigenvalue weighted by atomic mass is 16.5. The molecular formula is C37H32O8. The third kappa shape index (κ3) is 10.2. The Morgan fingerprint density at radius 3 is 1.16 bits per heavy atom. The Morgan fingerprint density at radius 1 is 0.489 bits per heavy atom. The monoisotopic (exact) mass is 604 g/mol. The summed E-state index contributed by atoms with van der Waals surface area (Å²) in [5.41, 5.74) is 2.23. The number of rotatable bonds is 14. The second-order valence-electron chi connectivity index (χ2n) is 9.58. The summed E-state index contributed by atoms with van der Waals surface area (Å²) in [6.07, 6.45) is 5.51. The summed E-state index contributed by atoms with van der Waals surface area (Å²) in [5.74, 6) is 0.0980. The summed E-state index contributed by atoms with van der Waals surface area (Å²) in [6.45, 7) is 4.95. The maximum Gasteiger partial charge on any atom is 0.336 e. The molecule has 4 aromatic rings. The van der Waals surface area contributed by atoms with E-state index in [1.165, 1.54) is 60.7 Å². The fraction of sp³-hybridized carbons (Fsp3) is 0.135. The van der Waals surface area contributed by atoms with Gasteiger partial charge in [0, 0.05) is 23.3 Å². The first-order valence-electron chi connectivity index (χ1n) is 14.3. The number of benzene rings is 4. The van der Waals surface area contributed by atoms with Crippen LogP contribution in [0.3, 0.4) is 0 Å². The van der Waals surface area contributed by atoms with E-state index >= 15 is 0 Å². The Labute approximate surface area is 261 Å². The SMILES string of the molecule is CCOc1ccc(/C=C/C(=O)Oc2ccc(C(=O)CC(=O)c3ccc(OC(=O)/C=C/c4ccc(OCC)cc4)cc3)cc2)cc1. The average molecular weight is 605 g/mol. The summed E-state index contributed by atoms with van der Waals surface area (Å²) in [4.78, 5) is 49.8. The van der Waals surface area contributed by atoms with E-state index in [0.717, 1.165) is 22.6 Å². The molecule has 0 N–H and O–H groups in total. The molecule has 0 amide bonds. The summed E-state index contributed by atoms with van der Waals surface area (Å²) < 4.78 is 21.4. The molecule has 0 radical (unpaired) electrons. The minimum atomic E-state index is -0.573. The number of hydrogen-bond donors (Lipinski definition) is 0. The van der Waals surface area contributed by atoms with Gasteiger partial charge in [-0.05, 0) is 110 Å². The molecule has 45 heavy (non-hydrogen) atoms. The number of carbonyl (C=O) groups is 4. The first kappa shape index (κ1) is 32.2. The lowest BCUT2D eigenvalue weighted by molar-refractivity contribution is -0.129. The van der Waals surface area contributed by atoms with E-state index in [0.29, 0.717) is 24.3 Å². The number of hydrogen-bond acceptors (Lipinski definition) is 8. The van der Waals surface area contributed by atoms with Gasteiger partial charge in [-0.2, -0.15) is 0 Å². The maximum atomic E-state index is 12.7. The van der Waals surface area contributed by atoms with Crippen LogP contribution in [0.1, 0.15) is 52.1 Å². The van der Waals surface area contributed by atoms with Gasteiger partial charge in [0.15, 0.2) is 11.6 Å². The molecule has 0 fully saturated rings. The van der Waals surface area contributed by atoms with Crippen molar-refractivity contribution >= 4 is 35.7 Å². The largest absolute Gasteiger partial charge is 0.494 e. The van der Waals surface area contributed by atoms with Crippen molar-refractivity contribution in [1.29, 1.82) is 0 Å². The third-order valence-corrected chi connectivity index (χ3v) is 6.32. The summed E-state index contributed by atoms with van der Waals surface area (Å²) in [5, 5.41) is 0. The van der Waals surface area contributed by atoms with Crippen LogP contribution in [0, 0.1) is 0 Å². The maximum absolute atomic E-state index is 12.7. The minimum Gasteiger partial charge on any atom is -0.494 e. The lowest BCUT2D eigenvalue weighted by Crippen LogP contribution is -2.09.